The summed E-state index contributed by atoms with van der Waals surface area (Å²) in [5.41, 5.74) is 0.366. The van der Waals surface area contributed by atoms with Crippen molar-refractivity contribution in [1.29, 1.82) is 0 Å². The SMILES string of the molecule is Cc1cccc(C(=O)OCC(=O)Nc2cccc(Br)c2)c1[N+](=O)[O-]. The van der Waals surface area contributed by atoms with Crippen LogP contribution in [0.25, 0.3) is 0 Å². The molecule has 0 saturated carbocycles. The summed E-state index contributed by atoms with van der Waals surface area (Å²) in [6, 6.07) is 11.2. The summed E-state index contributed by atoms with van der Waals surface area (Å²) in [5.74, 6) is -1.47. The molecule has 2 rings (SSSR count). The summed E-state index contributed by atoms with van der Waals surface area (Å²) in [6.45, 7) is 0.978. The smallest absolute Gasteiger partial charge is 0.345 e. The molecule has 2 aromatic rings. The molecule has 124 valence electrons. The van der Waals surface area contributed by atoms with Crippen molar-refractivity contribution in [1.82, 2.24) is 0 Å². The highest BCUT2D eigenvalue weighted by molar-refractivity contribution is 9.10. The number of halogens is 1. The van der Waals surface area contributed by atoms with Gasteiger partial charge in [-0.25, -0.2) is 4.79 Å². The summed E-state index contributed by atoms with van der Waals surface area (Å²) in [7, 11) is 0. The van der Waals surface area contributed by atoms with Gasteiger partial charge in [0, 0.05) is 15.7 Å². The zero-order chi connectivity index (χ0) is 17.7. The molecule has 8 heteroatoms. The number of aryl methyl sites for hydroxylation is 1. The normalized spacial score (nSPS) is 10.1. The molecule has 24 heavy (non-hydrogen) atoms. The fourth-order valence-corrected chi connectivity index (χ4v) is 2.44. The number of carbonyl (C=O) groups is 2. The fourth-order valence-electron chi connectivity index (χ4n) is 2.04. The van der Waals surface area contributed by atoms with Gasteiger partial charge in [-0.05, 0) is 31.2 Å². The number of esters is 1. The minimum atomic E-state index is -0.921. The summed E-state index contributed by atoms with van der Waals surface area (Å²) >= 11 is 3.27. The fraction of sp³-hybridized carbons (Fsp3) is 0.125. The average Bonchev–Trinajstić information content (AvgIpc) is 2.52. The van der Waals surface area contributed by atoms with E-state index in [1.165, 1.54) is 25.1 Å². The highest BCUT2D eigenvalue weighted by atomic mass is 79.9. The number of hydrogen-bond donors (Lipinski definition) is 1. The number of carbonyl (C=O) groups excluding carboxylic acids is 2. The second-order valence-corrected chi connectivity index (χ2v) is 5.78. The zero-order valence-electron chi connectivity index (χ0n) is 12.6. The molecule has 1 amide bonds. The Morgan fingerprint density at radius 3 is 2.62 bits per heavy atom. The van der Waals surface area contributed by atoms with Crippen LogP contribution in [0.5, 0.6) is 0 Å². The first-order chi connectivity index (χ1) is 11.4. The lowest BCUT2D eigenvalue weighted by Gasteiger charge is -2.08. The van der Waals surface area contributed by atoms with Crippen LogP contribution in [0.4, 0.5) is 11.4 Å². The van der Waals surface area contributed by atoms with Gasteiger partial charge in [0.15, 0.2) is 6.61 Å². The minimum absolute atomic E-state index is 0.185. The van der Waals surface area contributed by atoms with Crippen LogP contribution in [0, 0.1) is 17.0 Å². The third kappa shape index (κ3) is 4.39. The van der Waals surface area contributed by atoms with Crippen LogP contribution in [0.1, 0.15) is 15.9 Å². The number of hydrogen-bond acceptors (Lipinski definition) is 5. The van der Waals surface area contributed by atoms with Crippen molar-refractivity contribution in [2.24, 2.45) is 0 Å². The standard InChI is InChI=1S/C16H13BrN2O5/c1-10-4-2-7-13(15(10)19(22)23)16(21)24-9-14(20)18-12-6-3-5-11(17)8-12/h2-8H,9H2,1H3,(H,18,20). The highest BCUT2D eigenvalue weighted by Crippen LogP contribution is 2.23. The molecule has 0 heterocycles. The van der Waals surface area contributed by atoms with Gasteiger partial charge in [0.05, 0.1) is 4.92 Å². The third-order valence-corrected chi connectivity index (χ3v) is 3.58. The van der Waals surface area contributed by atoms with E-state index in [2.05, 4.69) is 21.2 Å². The van der Waals surface area contributed by atoms with Gasteiger partial charge in [-0.2, -0.15) is 0 Å². The maximum atomic E-state index is 12.0. The van der Waals surface area contributed by atoms with Gasteiger partial charge in [-0.1, -0.05) is 34.1 Å². The number of amides is 1. The molecule has 0 aliphatic heterocycles. The van der Waals surface area contributed by atoms with E-state index in [1.54, 1.807) is 24.3 Å². The molecule has 0 fully saturated rings. The van der Waals surface area contributed by atoms with Gasteiger partial charge in [0.1, 0.15) is 5.56 Å². The number of nitrogens with zero attached hydrogens (tertiary/aromatic N) is 1. The van der Waals surface area contributed by atoms with Crippen molar-refractivity contribution in [3.8, 4) is 0 Å². The van der Waals surface area contributed by atoms with E-state index < -0.39 is 23.4 Å². The summed E-state index contributed by atoms with van der Waals surface area (Å²) < 4.78 is 5.66. The molecule has 0 saturated heterocycles. The van der Waals surface area contributed by atoms with Crippen LogP contribution >= 0.6 is 15.9 Å². The molecular formula is C16H13BrN2O5. The molecule has 7 nitrogen and oxygen atoms in total. The Balaban J connectivity index is 2.02. The Bertz CT molecular complexity index is 807. The summed E-state index contributed by atoms with van der Waals surface area (Å²) in [4.78, 5) is 34.3. The first kappa shape index (κ1) is 17.6. The lowest BCUT2D eigenvalue weighted by atomic mass is 10.1. The maximum Gasteiger partial charge on any atom is 0.345 e. The second kappa shape index (κ2) is 7.69. The van der Waals surface area contributed by atoms with Crippen molar-refractivity contribution in [2.75, 3.05) is 11.9 Å². The molecule has 0 aliphatic rings. The number of nitro groups is 1. The second-order valence-electron chi connectivity index (χ2n) is 4.86. The lowest BCUT2D eigenvalue weighted by molar-refractivity contribution is -0.385. The Morgan fingerprint density at radius 1 is 1.25 bits per heavy atom. The molecule has 0 radical (unpaired) electrons. The van der Waals surface area contributed by atoms with E-state index in [0.717, 1.165) is 4.47 Å². The largest absolute Gasteiger partial charge is 0.452 e. The van der Waals surface area contributed by atoms with Gasteiger partial charge >= 0.3 is 5.97 Å². The average molecular weight is 393 g/mol. The summed E-state index contributed by atoms with van der Waals surface area (Å²) in [5, 5.41) is 13.6. The van der Waals surface area contributed by atoms with Gasteiger partial charge in [-0.3, -0.25) is 14.9 Å². The van der Waals surface area contributed by atoms with Crippen LogP contribution in [-0.4, -0.2) is 23.4 Å². The number of rotatable bonds is 5. The van der Waals surface area contributed by atoms with Crippen LogP contribution in [-0.2, 0) is 9.53 Å². The predicted octanol–water partition coefficient (Wildman–Crippen LogP) is 3.46. The maximum absolute atomic E-state index is 12.0. The lowest BCUT2D eigenvalue weighted by Crippen LogP contribution is -2.21. The first-order valence-corrected chi connectivity index (χ1v) is 7.64. The first-order valence-electron chi connectivity index (χ1n) is 6.85. The number of ether oxygens (including phenoxy) is 1. The predicted molar refractivity (Wildman–Crippen MR) is 90.9 cm³/mol. The van der Waals surface area contributed by atoms with Crippen molar-refractivity contribution < 1.29 is 19.2 Å². The molecule has 0 unspecified atom stereocenters. The van der Waals surface area contributed by atoms with Crippen LogP contribution in [0.2, 0.25) is 0 Å². The van der Waals surface area contributed by atoms with Crippen LogP contribution in [0.3, 0.4) is 0 Å². The minimum Gasteiger partial charge on any atom is -0.452 e. The van der Waals surface area contributed by atoms with Crippen molar-refractivity contribution in [3.63, 3.8) is 0 Å². The molecular weight excluding hydrogens is 380 g/mol. The zero-order valence-corrected chi connectivity index (χ0v) is 14.2. The summed E-state index contributed by atoms with van der Waals surface area (Å²) in [6.07, 6.45) is 0. The van der Waals surface area contributed by atoms with Gasteiger partial charge in [-0.15, -0.1) is 0 Å². The van der Waals surface area contributed by atoms with Crippen molar-refractivity contribution in [2.45, 2.75) is 6.92 Å². The van der Waals surface area contributed by atoms with E-state index in [4.69, 9.17) is 4.74 Å². The molecule has 1 N–H and O–H groups in total. The molecule has 0 spiro atoms. The Kier molecular flexibility index (Phi) is 5.64. The number of nitro benzene ring substituents is 1. The van der Waals surface area contributed by atoms with E-state index in [1.807, 2.05) is 0 Å². The van der Waals surface area contributed by atoms with Crippen LogP contribution < -0.4 is 5.32 Å². The van der Waals surface area contributed by atoms with Crippen molar-refractivity contribution >= 4 is 39.2 Å². The van der Waals surface area contributed by atoms with E-state index in [9.17, 15) is 19.7 Å². The Morgan fingerprint density at radius 2 is 1.96 bits per heavy atom. The Hall–Kier alpha value is -2.74. The van der Waals surface area contributed by atoms with Crippen molar-refractivity contribution in [3.05, 3.63) is 68.2 Å². The van der Waals surface area contributed by atoms with Crippen LogP contribution in [0.15, 0.2) is 46.9 Å². The van der Waals surface area contributed by atoms with E-state index in [-0.39, 0.29) is 11.3 Å². The monoisotopic (exact) mass is 392 g/mol. The molecule has 0 aliphatic carbocycles. The molecule has 2 aromatic carbocycles. The van der Waals surface area contributed by atoms with Gasteiger partial charge < -0.3 is 10.1 Å². The number of anilines is 1. The number of benzene rings is 2. The van der Waals surface area contributed by atoms with E-state index >= 15 is 0 Å². The third-order valence-electron chi connectivity index (χ3n) is 3.08. The highest BCUT2D eigenvalue weighted by Gasteiger charge is 2.24. The van der Waals surface area contributed by atoms with Gasteiger partial charge in [0.25, 0.3) is 11.6 Å². The molecule has 0 aromatic heterocycles. The molecule has 0 atom stereocenters. The van der Waals surface area contributed by atoms with E-state index in [0.29, 0.717) is 11.3 Å². The Labute approximate surface area is 145 Å². The number of nitrogens with one attached hydrogen (secondary N) is 1. The molecule has 0 bridgehead atoms. The topological polar surface area (TPSA) is 98.5 Å². The number of para-hydroxylation sites is 1. The van der Waals surface area contributed by atoms with Gasteiger partial charge in [0.2, 0.25) is 0 Å². The quantitative estimate of drug-likeness (QED) is 0.477.